The first-order chi connectivity index (χ1) is 11.8. The van der Waals surface area contributed by atoms with E-state index in [9.17, 15) is 9.59 Å². The number of carbonyl (C=O) groups is 2. The molecule has 1 fully saturated rings. The van der Waals surface area contributed by atoms with Crippen molar-refractivity contribution < 1.29 is 14.0 Å². The van der Waals surface area contributed by atoms with Gasteiger partial charge in [-0.3, -0.25) is 14.7 Å². The molecule has 0 bridgehead atoms. The molecule has 3 heterocycles. The van der Waals surface area contributed by atoms with Crippen LogP contribution in [-0.4, -0.2) is 51.6 Å². The van der Waals surface area contributed by atoms with Crippen molar-refractivity contribution in [1.82, 2.24) is 20.4 Å². The molecular weight excluding hydrogens is 322 g/mol. The lowest BCUT2D eigenvalue weighted by atomic mass is 10.1. The minimum absolute atomic E-state index is 0.000421. The molecule has 0 aromatic carbocycles. The first kappa shape index (κ1) is 17.2. The van der Waals surface area contributed by atoms with Crippen molar-refractivity contribution in [3.63, 3.8) is 0 Å². The Bertz CT molecular complexity index is 779. The van der Waals surface area contributed by atoms with Crippen LogP contribution in [0.4, 0.5) is 0 Å². The third kappa shape index (κ3) is 3.58. The molecule has 8 heteroatoms. The van der Waals surface area contributed by atoms with Crippen LogP contribution in [0.2, 0.25) is 0 Å². The van der Waals surface area contributed by atoms with Gasteiger partial charge in [0.1, 0.15) is 17.5 Å². The van der Waals surface area contributed by atoms with Gasteiger partial charge in [0, 0.05) is 24.7 Å². The number of furan rings is 1. The summed E-state index contributed by atoms with van der Waals surface area (Å²) in [5.74, 6) is 0.876. The van der Waals surface area contributed by atoms with Gasteiger partial charge in [0.25, 0.3) is 5.91 Å². The molecule has 3 rings (SSSR count). The third-order valence-corrected chi connectivity index (χ3v) is 4.13. The lowest BCUT2D eigenvalue weighted by Gasteiger charge is -2.23. The second-order valence-electron chi connectivity index (χ2n) is 6.71. The number of nitrogens with two attached hydrogens (primary N) is 1. The molecule has 0 aliphatic carbocycles. The first-order valence-corrected chi connectivity index (χ1v) is 8.34. The molecule has 4 N–H and O–H groups in total. The van der Waals surface area contributed by atoms with Gasteiger partial charge in [-0.05, 0) is 39.3 Å². The van der Waals surface area contributed by atoms with E-state index in [0.717, 1.165) is 5.76 Å². The fourth-order valence-corrected chi connectivity index (χ4v) is 3.01. The number of hydrogen-bond acceptors (Lipinski definition) is 5. The van der Waals surface area contributed by atoms with Crippen molar-refractivity contribution in [2.75, 3.05) is 6.54 Å². The number of hydrogen-bond donors (Lipinski definition) is 3. The molecular formula is C17H23N5O3. The Hall–Kier alpha value is -2.61. The second kappa shape index (κ2) is 6.72. The Morgan fingerprint density at radius 2 is 2.20 bits per heavy atom. The smallest absolute Gasteiger partial charge is 0.275 e. The number of aromatic amines is 1. The van der Waals surface area contributed by atoms with E-state index in [1.807, 2.05) is 32.9 Å². The van der Waals surface area contributed by atoms with Crippen molar-refractivity contribution in [3.8, 4) is 11.5 Å². The van der Waals surface area contributed by atoms with Crippen LogP contribution in [0.5, 0.6) is 0 Å². The van der Waals surface area contributed by atoms with E-state index in [-0.39, 0.29) is 29.6 Å². The molecule has 25 heavy (non-hydrogen) atoms. The molecule has 1 aliphatic heterocycles. The van der Waals surface area contributed by atoms with E-state index >= 15 is 0 Å². The number of aryl methyl sites for hydroxylation is 1. The SMILES string of the molecule is Cc1ccc(-c2cc(C(=O)N3C[C@H](N)C[C@H]3C(=O)NC(C)C)n[nH]2)o1. The molecule has 1 saturated heterocycles. The van der Waals surface area contributed by atoms with Gasteiger partial charge >= 0.3 is 0 Å². The zero-order valence-electron chi connectivity index (χ0n) is 14.6. The number of aromatic nitrogens is 2. The molecule has 2 aromatic rings. The van der Waals surface area contributed by atoms with E-state index in [4.69, 9.17) is 10.2 Å². The lowest BCUT2D eigenvalue weighted by Crippen LogP contribution is -2.47. The number of nitrogens with one attached hydrogen (secondary N) is 2. The van der Waals surface area contributed by atoms with Crippen LogP contribution < -0.4 is 11.1 Å². The largest absolute Gasteiger partial charge is 0.460 e. The highest BCUT2D eigenvalue weighted by atomic mass is 16.3. The van der Waals surface area contributed by atoms with Crippen LogP contribution in [-0.2, 0) is 4.79 Å². The summed E-state index contributed by atoms with van der Waals surface area (Å²) < 4.78 is 5.53. The fourth-order valence-electron chi connectivity index (χ4n) is 3.01. The molecule has 0 saturated carbocycles. The quantitative estimate of drug-likeness (QED) is 0.765. The number of amides is 2. The maximum Gasteiger partial charge on any atom is 0.275 e. The van der Waals surface area contributed by atoms with E-state index in [2.05, 4.69) is 15.5 Å². The molecule has 2 amide bonds. The van der Waals surface area contributed by atoms with Gasteiger partial charge in [0.05, 0.1) is 0 Å². The highest BCUT2D eigenvalue weighted by Gasteiger charge is 2.39. The second-order valence-corrected chi connectivity index (χ2v) is 6.71. The van der Waals surface area contributed by atoms with Crippen LogP contribution in [0.25, 0.3) is 11.5 Å². The molecule has 0 radical (unpaired) electrons. The van der Waals surface area contributed by atoms with E-state index in [1.165, 1.54) is 4.90 Å². The summed E-state index contributed by atoms with van der Waals surface area (Å²) in [6, 6.07) is 4.47. The van der Waals surface area contributed by atoms with Gasteiger partial charge in [0.15, 0.2) is 11.5 Å². The van der Waals surface area contributed by atoms with Crippen LogP contribution in [0.3, 0.4) is 0 Å². The Labute approximate surface area is 145 Å². The summed E-state index contributed by atoms with van der Waals surface area (Å²) in [7, 11) is 0. The van der Waals surface area contributed by atoms with Crippen LogP contribution >= 0.6 is 0 Å². The normalized spacial score (nSPS) is 20.3. The zero-order valence-corrected chi connectivity index (χ0v) is 14.6. The van der Waals surface area contributed by atoms with Crippen LogP contribution in [0, 0.1) is 6.92 Å². The van der Waals surface area contributed by atoms with Gasteiger partial charge in [0.2, 0.25) is 5.91 Å². The Morgan fingerprint density at radius 1 is 1.44 bits per heavy atom. The molecule has 0 spiro atoms. The van der Waals surface area contributed by atoms with Crippen LogP contribution in [0.1, 0.15) is 36.5 Å². The molecule has 2 atom stereocenters. The zero-order chi connectivity index (χ0) is 18.1. The molecule has 8 nitrogen and oxygen atoms in total. The van der Waals surface area contributed by atoms with Gasteiger partial charge in [-0.2, -0.15) is 5.10 Å². The van der Waals surface area contributed by atoms with Crippen molar-refractivity contribution in [2.24, 2.45) is 5.73 Å². The Balaban J connectivity index is 1.79. The third-order valence-electron chi connectivity index (χ3n) is 4.13. The monoisotopic (exact) mass is 345 g/mol. The number of H-pyrrole nitrogens is 1. The summed E-state index contributed by atoms with van der Waals surface area (Å²) in [6.45, 7) is 5.93. The van der Waals surface area contributed by atoms with Gasteiger partial charge in [-0.1, -0.05) is 0 Å². The van der Waals surface area contributed by atoms with E-state index in [1.54, 1.807) is 6.07 Å². The summed E-state index contributed by atoms with van der Waals surface area (Å²) in [5.41, 5.74) is 6.83. The van der Waals surface area contributed by atoms with Crippen molar-refractivity contribution in [3.05, 3.63) is 29.7 Å². The molecule has 1 aliphatic rings. The van der Waals surface area contributed by atoms with Crippen molar-refractivity contribution >= 4 is 11.8 Å². The van der Waals surface area contributed by atoms with Crippen molar-refractivity contribution in [2.45, 2.75) is 45.3 Å². The maximum atomic E-state index is 12.8. The van der Waals surface area contributed by atoms with Crippen molar-refractivity contribution in [1.29, 1.82) is 0 Å². The summed E-state index contributed by atoms with van der Waals surface area (Å²) in [4.78, 5) is 26.7. The Kier molecular flexibility index (Phi) is 4.63. The standard InChI is InChI=1S/C17H23N5O3/c1-9(2)19-16(23)14-6-11(18)8-22(14)17(24)13-7-12(20-21-13)15-5-4-10(3)25-15/h4-5,7,9,11,14H,6,8,18H2,1-3H3,(H,19,23)(H,20,21)/t11-,14+/m1/s1. The summed E-state index contributed by atoms with van der Waals surface area (Å²) in [6.07, 6.45) is 0.443. The summed E-state index contributed by atoms with van der Waals surface area (Å²) in [5, 5.41) is 9.73. The fraction of sp³-hybridized carbons (Fsp3) is 0.471. The minimum Gasteiger partial charge on any atom is -0.460 e. The minimum atomic E-state index is -0.573. The predicted octanol–water partition coefficient (Wildman–Crippen LogP) is 1.04. The highest BCUT2D eigenvalue weighted by Crippen LogP contribution is 2.23. The number of carbonyl (C=O) groups excluding carboxylic acids is 2. The van der Waals surface area contributed by atoms with Gasteiger partial charge in [-0.25, -0.2) is 0 Å². The Morgan fingerprint density at radius 3 is 2.84 bits per heavy atom. The first-order valence-electron chi connectivity index (χ1n) is 8.34. The van der Waals surface area contributed by atoms with Gasteiger partial charge in [-0.15, -0.1) is 0 Å². The average Bonchev–Trinajstić information content (AvgIpc) is 3.24. The van der Waals surface area contributed by atoms with Crippen LogP contribution in [0.15, 0.2) is 22.6 Å². The van der Waals surface area contributed by atoms with E-state index in [0.29, 0.717) is 24.4 Å². The average molecular weight is 345 g/mol. The lowest BCUT2D eigenvalue weighted by molar-refractivity contribution is -0.125. The number of rotatable bonds is 4. The van der Waals surface area contributed by atoms with E-state index < -0.39 is 6.04 Å². The molecule has 134 valence electrons. The predicted molar refractivity (Wildman–Crippen MR) is 91.7 cm³/mol. The molecule has 2 aromatic heterocycles. The highest BCUT2D eigenvalue weighted by molar-refractivity contribution is 5.97. The number of nitrogens with zero attached hydrogens (tertiary/aromatic N) is 2. The number of likely N-dealkylation sites (tertiary alicyclic amines) is 1. The molecule has 0 unspecified atom stereocenters. The summed E-state index contributed by atoms with van der Waals surface area (Å²) >= 11 is 0. The topological polar surface area (TPSA) is 117 Å². The maximum absolute atomic E-state index is 12.8. The van der Waals surface area contributed by atoms with Gasteiger partial charge < -0.3 is 20.4 Å².